The van der Waals surface area contributed by atoms with Crippen molar-refractivity contribution in [2.24, 2.45) is 5.73 Å². The Bertz CT molecular complexity index is 318. The smallest absolute Gasteiger partial charge is 0.367 e. The van der Waals surface area contributed by atoms with E-state index in [1.165, 1.54) is 0 Å². The van der Waals surface area contributed by atoms with E-state index in [-0.39, 0.29) is 5.69 Å². The molecule has 0 saturated heterocycles. The lowest BCUT2D eigenvalue weighted by atomic mass is 10.0. The standard InChI is InChI=1S/C7H12F2N4O/c1-6(2,10)5-3-13(12-11-5)7(8,9)4-14/h3,14H,4,10H2,1-2H3. The van der Waals surface area contributed by atoms with Crippen molar-refractivity contribution in [1.29, 1.82) is 0 Å². The van der Waals surface area contributed by atoms with Crippen LogP contribution in [-0.2, 0) is 11.6 Å². The number of halogens is 2. The number of hydrogen-bond donors (Lipinski definition) is 2. The predicted molar refractivity (Wildman–Crippen MR) is 44.5 cm³/mol. The van der Waals surface area contributed by atoms with Gasteiger partial charge in [0.15, 0.2) is 0 Å². The van der Waals surface area contributed by atoms with Gasteiger partial charge in [0.2, 0.25) is 0 Å². The van der Waals surface area contributed by atoms with Crippen molar-refractivity contribution >= 4 is 0 Å². The maximum atomic E-state index is 12.9. The Labute approximate surface area is 79.5 Å². The highest BCUT2D eigenvalue weighted by Crippen LogP contribution is 2.21. The van der Waals surface area contributed by atoms with Crippen molar-refractivity contribution < 1.29 is 13.9 Å². The van der Waals surface area contributed by atoms with Crippen molar-refractivity contribution in [1.82, 2.24) is 15.0 Å². The highest BCUT2D eigenvalue weighted by molar-refractivity contribution is 5.05. The molecular formula is C7H12F2N4O. The minimum Gasteiger partial charge on any atom is -0.388 e. The fourth-order valence-corrected chi connectivity index (χ4v) is 0.791. The zero-order chi connectivity index (χ0) is 11.0. The van der Waals surface area contributed by atoms with Crippen LogP contribution in [0.25, 0.3) is 0 Å². The number of aliphatic hydroxyl groups excluding tert-OH is 1. The van der Waals surface area contributed by atoms with Gasteiger partial charge < -0.3 is 10.8 Å². The van der Waals surface area contributed by atoms with Crippen molar-refractivity contribution in [3.8, 4) is 0 Å². The molecule has 0 bridgehead atoms. The first kappa shape index (κ1) is 11.0. The van der Waals surface area contributed by atoms with Crippen LogP contribution in [0.5, 0.6) is 0 Å². The first-order valence-corrected chi connectivity index (χ1v) is 3.98. The minimum absolute atomic E-state index is 0.241. The number of aromatic nitrogens is 3. The Kier molecular flexibility index (Phi) is 2.55. The van der Waals surface area contributed by atoms with Gasteiger partial charge in [0, 0.05) is 0 Å². The van der Waals surface area contributed by atoms with E-state index >= 15 is 0 Å². The average molecular weight is 206 g/mol. The lowest BCUT2D eigenvalue weighted by Gasteiger charge is -2.14. The van der Waals surface area contributed by atoms with Crippen molar-refractivity contribution in [2.45, 2.75) is 25.4 Å². The Morgan fingerprint density at radius 2 is 2.14 bits per heavy atom. The molecule has 0 aliphatic heterocycles. The zero-order valence-corrected chi connectivity index (χ0v) is 7.91. The molecule has 0 atom stereocenters. The van der Waals surface area contributed by atoms with Crippen molar-refractivity contribution in [2.75, 3.05) is 6.61 Å². The molecule has 1 aromatic heterocycles. The minimum atomic E-state index is -3.43. The van der Waals surface area contributed by atoms with Crippen LogP contribution in [0.4, 0.5) is 8.78 Å². The van der Waals surface area contributed by atoms with E-state index in [0.29, 0.717) is 4.68 Å². The number of aliphatic hydroxyl groups is 1. The molecule has 1 aromatic rings. The second kappa shape index (κ2) is 3.25. The third-order valence-corrected chi connectivity index (χ3v) is 1.68. The molecule has 1 rings (SSSR count). The number of alkyl halides is 2. The Morgan fingerprint density at radius 1 is 1.57 bits per heavy atom. The molecule has 14 heavy (non-hydrogen) atoms. The first-order valence-electron chi connectivity index (χ1n) is 3.98. The monoisotopic (exact) mass is 206 g/mol. The first-order chi connectivity index (χ1) is 6.27. The van der Waals surface area contributed by atoms with Gasteiger partial charge in [-0.15, -0.1) is 5.10 Å². The van der Waals surface area contributed by atoms with Crippen LogP contribution in [0.15, 0.2) is 6.20 Å². The molecule has 0 aliphatic rings. The highest BCUT2D eigenvalue weighted by Gasteiger charge is 2.33. The molecule has 0 radical (unpaired) electrons. The molecule has 1 heterocycles. The number of hydrogen-bond acceptors (Lipinski definition) is 4. The van der Waals surface area contributed by atoms with Gasteiger partial charge in [0.25, 0.3) is 0 Å². The highest BCUT2D eigenvalue weighted by atomic mass is 19.3. The summed E-state index contributed by atoms with van der Waals surface area (Å²) in [4.78, 5) is 0. The van der Waals surface area contributed by atoms with Crippen LogP contribution in [0.3, 0.4) is 0 Å². The van der Waals surface area contributed by atoms with Crippen LogP contribution in [-0.4, -0.2) is 26.7 Å². The van der Waals surface area contributed by atoms with Crippen molar-refractivity contribution in [3.05, 3.63) is 11.9 Å². The predicted octanol–water partition coefficient (Wildman–Crippen LogP) is 0.0135. The maximum Gasteiger partial charge on any atom is 0.367 e. The van der Waals surface area contributed by atoms with Crippen LogP contribution >= 0.6 is 0 Å². The van der Waals surface area contributed by atoms with E-state index in [2.05, 4.69) is 10.3 Å². The van der Waals surface area contributed by atoms with E-state index in [4.69, 9.17) is 10.8 Å². The lowest BCUT2D eigenvalue weighted by molar-refractivity contribution is -0.131. The Hall–Kier alpha value is -1.08. The molecule has 0 fully saturated rings. The molecule has 0 aromatic carbocycles. The van der Waals surface area contributed by atoms with Gasteiger partial charge in [-0.2, -0.15) is 13.5 Å². The molecule has 3 N–H and O–H groups in total. The Morgan fingerprint density at radius 3 is 2.50 bits per heavy atom. The van der Waals surface area contributed by atoms with Gasteiger partial charge >= 0.3 is 6.05 Å². The van der Waals surface area contributed by atoms with E-state index in [1.807, 2.05) is 0 Å². The molecular weight excluding hydrogens is 194 g/mol. The van der Waals surface area contributed by atoms with Crippen LogP contribution in [0.1, 0.15) is 19.5 Å². The summed E-state index contributed by atoms with van der Waals surface area (Å²) in [5.74, 6) is 0. The van der Waals surface area contributed by atoms with Gasteiger partial charge in [-0.05, 0) is 13.8 Å². The van der Waals surface area contributed by atoms with E-state index in [9.17, 15) is 8.78 Å². The summed E-state index contributed by atoms with van der Waals surface area (Å²) in [5, 5.41) is 15.1. The molecule has 0 amide bonds. The molecule has 5 nitrogen and oxygen atoms in total. The van der Waals surface area contributed by atoms with Gasteiger partial charge in [-0.1, -0.05) is 5.21 Å². The number of nitrogens with zero attached hydrogens (tertiary/aromatic N) is 3. The quantitative estimate of drug-likeness (QED) is 0.730. The third-order valence-electron chi connectivity index (χ3n) is 1.68. The number of nitrogens with two attached hydrogens (primary N) is 1. The van der Waals surface area contributed by atoms with Crippen LogP contribution < -0.4 is 5.73 Å². The summed E-state index contributed by atoms with van der Waals surface area (Å²) >= 11 is 0. The molecule has 7 heteroatoms. The fraction of sp³-hybridized carbons (Fsp3) is 0.714. The van der Waals surface area contributed by atoms with E-state index in [0.717, 1.165) is 6.20 Å². The summed E-state index contributed by atoms with van der Waals surface area (Å²) in [6.45, 7) is 1.93. The summed E-state index contributed by atoms with van der Waals surface area (Å²) < 4.78 is 26.0. The van der Waals surface area contributed by atoms with Crippen LogP contribution in [0.2, 0.25) is 0 Å². The van der Waals surface area contributed by atoms with Crippen LogP contribution in [0, 0.1) is 0 Å². The summed E-state index contributed by atoms with van der Waals surface area (Å²) in [7, 11) is 0. The fourth-order valence-electron chi connectivity index (χ4n) is 0.791. The van der Waals surface area contributed by atoms with Gasteiger partial charge in [0.05, 0.1) is 11.7 Å². The number of rotatable bonds is 3. The summed E-state index contributed by atoms with van der Waals surface area (Å²) in [6, 6.07) is -3.43. The Balaban J connectivity index is 3.00. The molecule has 0 saturated carbocycles. The van der Waals surface area contributed by atoms with Crippen molar-refractivity contribution in [3.63, 3.8) is 0 Å². The van der Waals surface area contributed by atoms with E-state index in [1.54, 1.807) is 13.8 Å². The largest absolute Gasteiger partial charge is 0.388 e. The van der Waals surface area contributed by atoms with E-state index < -0.39 is 18.2 Å². The molecule has 0 unspecified atom stereocenters. The summed E-state index contributed by atoms with van der Waals surface area (Å²) in [5.41, 5.74) is 5.04. The normalized spacial score (nSPS) is 13.3. The third kappa shape index (κ3) is 2.05. The molecule has 0 spiro atoms. The second-order valence-electron chi connectivity index (χ2n) is 3.59. The molecule has 0 aliphatic carbocycles. The molecule has 80 valence electrons. The topological polar surface area (TPSA) is 77.0 Å². The van der Waals surface area contributed by atoms with Gasteiger partial charge in [0.1, 0.15) is 12.3 Å². The summed E-state index contributed by atoms with van der Waals surface area (Å²) in [6.07, 6.45) is 1.02. The zero-order valence-electron chi connectivity index (χ0n) is 7.91. The SMILES string of the molecule is CC(C)(N)c1cn(C(F)(F)CO)nn1. The van der Waals surface area contributed by atoms with Gasteiger partial charge in [-0.25, -0.2) is 0 Å². The average Bonchev–Trinajstić information content (AvgIpc) is 2.51. The van der Waals surface area contributed by atoms with Gasteiger partial charge in [-0.3, -0.25) is 0 Å². The second-order valence-corrected chi connectivity index (χ2v) is 3.59. The maximum absolute atomic E-state index is 12.9. The lowest BCUT2D eigenvalue weighted by Crippen LogP contribution is -2.30.